The number of carbonyl (C=O) groups excluding carboxylic acids is 1. The van der Waals surface area contributed by atoms with Crippen LogP contribution in [0.2, 0.25) is 0 Å². The van der Waals surface area contributed by atoms with Gasteiger partial charge in [-0.05, 0) is 74.8 Å². The first kappa shape index (κ1) is 25.2. The first-order valence-corrected chi connectivity index (χ1v) is 13.0. The van der Waals surface area contributed by atoms with E-state index in [2.05, 4.69) is 15.1 Å². The monoisotopic (exact) mass is 497 g/mol. The van der Waals surface area contributed by atoms with Crippen molar-refractivity contribution >= 4 is 17.7 Å². The Hall–Kier alpha value is -2.91. The molecule has 1 amide bonds. The Morgan fingerprint density at radius 2 is 1.77 bits per heavy atom. The second kappa shape index (κ2) is 12.2. The molecule has 7 nitrogen and oxygen atoms in total. The smallest absolute Gasteiger partial charge is 0.233 e. The molecule has 0 N–H and O–H groups in total. The minimum Gasteiger partial charge on any atom is -0.494 e. The number of hydrogen-bond acceptors (Lipinski definition) is 6. The molecule has 35 heavy (non-hydrogen) atoms. The molecule has 0 unspecified atom stereocenters. The van der Waals surface area contributed by atoms with E-state index in [1.165, 1.54) is 43.2 Å². The number of halogens is 1. The summed E-state index contributed by atoms with van der Waals surface area (Å²) in [5.41, 5.74) is 1.83. The first-order chi connectivity index (χ1) is 17.0. The van der Waals surface area contributed by atoms with Crippen molar-refractivity contribution in [2.45, 2.75) is 44.4 Å². The minimum absolute atomic E-state index is 0.00452. The van der Waals surface area contributed by atoms with Crippen LogP contribution in [-0.4, -0.2) is 63.0 Å². The van der Waals surface area contributed by atoms with E-state index < -0.39 is 0 Å². The number of likely N-dealkylation sites (tertiary alicyclic amines) is 1. The number of piperidine rings is 1. The summed E-state index contributed by atoms with van der Waals surface area (Å²) in [6.45, 7) is 5.83. The summed E-state index contributed by atoms with van der Waals surface area (Å²) >= 11 is 1.35. The molecule has 0 aliphatic carbocycles. The molecule has 0 atom stereocenters. The fourth-order valence-electron chi connectivity index (χ4n) is 4.12. The fraction of sp³-hybridized carbons (Fsp3) is 0.423. The van der Waals surface area contributed by atoms with Gasteiger partial charge in [-0.2, -0.15) is 0 Å². The van der Waals surface area contributed by atoms with E-state index in [9.17, 15) is 9.18 Å². The van der Waals surface area contributed by atoms with Crippen molar-refractivity contribution in [2.75, 3.05) is 32.5 Å². The lowest BCUT2D eigenvalue weighted by Crippen LogP contribution is -2.30. The van der Waals surface area contributed by atoms with Crippen LogP contribution in [0.1, 0.15) is 37.6 Å². The summed E-state index contributed by atoms with van der Waals surface area (Å²) in [5.74, 6) is 1.56. The van der Waals surface area contributed by atoms with Crippen LogP contribution in [0, 0.1) is 5.82 Å². The number of rotatable bonds is 10. The molecule has 9 heteroatoms. The topological polar surface area (TPSA) is 63.5 Å². The van der Waals surface area contributed by atoms with Crippen LogP contribution < -0.4 is 4.74 Å². The predicted molar refractivity (Wildman–Crippen MR) is 135 cm³/mol. The van der Waals surface area contributed by atoms with Crippen LogP contribution in [0.5, 0.6) is 5.75 Å². The standard InChI is InChI=1S/C26H32FN5O2S/c1-3-34-23-13-7-20(8-14-23)17-30(2)25(33)19-35-26-29-28-24(18-31-15-5-4-6-16-31)32(26)22-11-9-21(27)10-12-22/h7-14H,3-6,15-19H2,1-2H3. The molecule has 1 aliphatic rings. The van der Waals surface area contributed by atoms with Gasteiger partial charge in [0.15, 0.2) is 11.0 Å². The fourth-order valence-corrected chi connectivity index (χ4v) is 5.03. The molecule has 3 aromatic rings. The number of amides is 1. The van der Waals surface area contributed by atoms with E-state index in [0.29, 0.717) is 24.9 Å². The normalized spacial score (nSPS) is 14.1. The number of ether oxygens (including phenoxy) is 1. The van der Waals surface area contributed by atoms with Crippen molar-refractivity contribution in [1.29, 1.82) is 0 Å². The molecule has 0 spiro atoms. The zero-order valence-electron chi connectivity index (χ0n) is 20.3. The van der Waals surface area contributed by atoms with Crippen LogP contribution in [0.4, 0.5) is 4.39 Å². The lowest BCUT2D eigenvalue weighted by molar-refractivity contribution is -0.127. The van der Waals surface area contributed by atoms with Crippen LogP contribution in [0.15, 0.2) is 53.7 Å². The Bertz CT molecular complexity index is 1100. The number of benzene rings is 2. The maximum Gasteiger partial charge on any atom is 0.233 e. The predicted octanol–water partition coefficient (Wildman–Crippen LogP) is 4.54. The molecule has 0 bridgehead atoms. The van der Waals surface area contributed by atoms with Gasteiger partial charge in [0.2, 0.25) is 5.91 Å². The SMILES string of the molecule is CCOc1ccc(CN(C)C(=O)CSc2nnc(CN3CCCCC3)n2-c2ccc(F)cc2)cc1. The van der Waals surface area contributed by atoms with Gasteiger partial charge in [0.1, 0.15) is 11.6 Å². The Morgan fingerprint density at radius 1 is 1.06 bits per heavy atom. The molecule has 0 radical (unpaired) electrons. The van der Waals surface area contributed by atoms with Crippen molar-refractivity contribution in [3.63, 3.8) is 0 Å². The Labute approximate surface area is 210 Å². The molecule has 0 saturated carbocycles. The number of aromatic nitrogens is 3. The van der Waals surface area contributed by atoms with Gasteiger partial charge in [-0.15, -0.1) is 10.2 Å². The van der Waals surface area contributed by atoms with Gasteiger partial charge in [0, 0.05) is 19.3 Å². The van der Waals surface area contributed by atoms with Crippen LogP contribution >= 0.6 is 11.8 Å². The van der Waals surface area contributed by atoms with E-state index in [-0.39, 0.29) is 17.5 Å². The van der Waals surface area contributed by atoms with Gasteiger partial charge < -0.3 is 9.64 Å². The first-order valence-electron chi connectivity index (χ1n) is 12.0. The van der Waals surface area contributed by atoms with Crippen LogP contribution in [-0.2, 0) is 17.9 Å². The lowest BCUT2D eigenvalue weighted by Gasteiger charge is -2.26. The summed E-state index contributed by atoms with van der Waals surface area (Å²) in [6, 6.07) is 14.1. The molecular formula is C26H32FN5O2S. The second-order valence-electron chi connectivity index (χ2n) is 8.66. The molecule has 2 aromatic carbocycles. The van der Waals surface area contributed by atoms with Crippen molar-refractivity contribution in [1.82, 2.24) is 24.6 Å². The minimum atomic E-state index is -0.292. The Morgan fingerprint density at radius 3 is 2.46 bits per heavy atom. The highest BCUT2D eigenvalue weighted by Crippen LogP contribution is 2.24. The van der Waals surface area contributed by atoms with Crippen molar-refractivity contribution in [2.24, 2.45) is 0 Å². The zero-order valence-corrected chi connectivity index (χ0v) is 21.1. The third-order valence-corrected chi connectivity index (χ3v) is 6.92. The van der Waals surface area contributed by atoms with Crippen LogP contribution in [0.3, 0.4) is 0 Å². The molecule has 1 aromatic heterocycles. The number of hydrogen-bond donors (Lipinski definition) is 0. The Kier molecular flexibility index (Phi) is 8.76. The number of carbonyl (C=O) groups is 1. The van der Waals surface area contributed by atoms with Crippen molar-refractivity contribution in [3.05, 3.63) is 65.7 Å². The van der Waals surface area contributed by atoms with Crippen molar-refractivity contribution in [3.8, 4) is 11.4 Å². The summed E-state index contributed by atoms with van der Waals surface area (Å²) in [5, 5.41) is 9.47. The van der Waals surface area contributed by atoms with Crippen molar-refractivity contribution < 1.29 is 13.9 Å². The van der Waals surface area contributed by atoms with E-state index in [4.69, 9.17) is 4.74 Å². The highest BCUT2D eigenvalue weighted by molar-refractivity contribution is 7.99. The molecule has 2 heterocycles. The van der Waals surface area contributed by atoms with Gasteiger partial charge in [-0.25, -0.2) is 4.39 Å². The summed E-state index contributed by atoms with van der Waals surface area (Å²) < 4.78 is 21.0. The van der Waals surface area contributed by atoms with Gasteiger partial charge in [-0.1, -0.05) is 30.3 Å². The van der Waals surface area contributed by atoms with Crippen LogP contribution in [0.25, 0.3) is 5.69 Å². The summed E-state index contributed by atoms with van der Waals surface area (Å²) in [4.78, 5) is 16.9. The molecule has 1 aliphatic heterocycles. The largest absolute Gasteiger partial charge is 0.494 e. The second-order valence-corrected chi connectivity index (χ2v) is 9.61. The third-order valence-electron chi connectivity index (χ3n) is 6.00. The van der Waals surface area contributed by atoms with Gasteiger partial charge in [0.25, 0.3) is 0 Å². The maximum absolute atomic E-state index is 13.6. The van der Waals surface area contributed by atoms with E-state index in [1.54, 1.807) is 24.1 Å². The highest BCUT2D eigenvalue weighted by atomic mass is 32.2. The number of thioether (sulfide) groups is 1. The van der Waals surface area contributed by atoms with Gasteiger partial charge in [0.05, 0.1) is 18.9 Å². The average Bonchev–Trinajstić information content (AvgIpc) is 3.27. The Balaban J connectivity index is 1.43. The quantitative estimate of drug-likeness (QED) is 0.383. The summed E-state index contributed by atoms with van der Waals surface area (Å²) in [7, 11) is 1.80. The lowest BCUT2D eigenvalue weighted by atomic mass is 10.1. The van der Waals surface area contributed by atoms with E-state index >= 15 is 0 Å². The van der Waals surface area contributed by atoms with E-state index in [0.717, 1.165) is 35.9 Å². The molecule has 4 rings (SSSR count). The van der Waals surface area contributed by atoms with E-state index in [1.807, 2.05) is 35.8 Å². The number of nitrogens with zero attached hydrogens (tertiary/aromatic N) is 5. The third kappa shape index (κ3) is 6.82. The summed E-state index contributed by atoms with van der Waals surface area (Å²) in [6.07, 6.45) is 3.62. The highest BCUT2D eigenvalue weighted by Gasteiger charge is 2.20. The van der Waals surface area contributed by atoms with Gasteiger partial charge in [-0.3, -0.25) is 14.3 Å². The molecule has 186 valence electrons. The molecule has 1 fully saturated rings. The average molecular weight is 498 g/mol. The molecular weight excluding hydrogens is 465 g/mol. The van der Waals surface area contributed by atoms with Gasteiger partial charge >= 0.3 is 0 Å². The zero-order chi connectivity index (χ0) is 24.6. The molecule has 1 saturated heterocycles. The maximum atomic E-state index is 13.6.